The van der Waals surface area contributed by atoms with Crippen molar-refractivity contribution >= 4 is 5.91 Å². The van der Waals surface area contributed by atoms with Crippen molar-refractivity contribution < 1.29 is 4.79 Å². The fourth-order valence-electron chi connectivity index (χ4n) is 4.02. The Balaban J connectivity index is 1.44. The summed E-state index contributed by atoms with van der Waals surface area (Å²) in [5.74, 6) is 0.854. The molecule has 1 saturated heterocycles. The second-order valence-electron chi connectivity index (χ2n) is 7.79. The zero-order valence-corrected chi connectivity index (χ0v) is 15.6. The maximum Gasteiger partial charge on any atom is 0.251 e. The molecule has 1 fully saturated rings. The monoisotopic (exact) mass is 340 g/mol. The van der Waals surface area contributed by atoms with Gasteiger partial charge >= 0.3 is 0 Å². The van der Waals surface area contributed by atoms with Crippen LogP contribution in [0.3, 0.4) is 0 Å². The highest BCUT2D eigenvalue weighted by atomic mass is 16.1. The third kappa shape index (κ3) is 5.71. The number of hydrogen-bond acceptors (Lipinski definition) is 2. The summed E-state index contributed by atoms with van der Waals surface area (Å²) >= 11 is 0. The molecule has 136 valence electrons. The lowest BCUT2D eigenvalue weighted by atomic mass is 9.97. The molecule has 1 N–H and O–H groups in total. The van der Waals surface area contributed by atoms with Crippen LogP contribution in [0.15, 0.2) is 35.9 Å². The van der Waals surface area contributed by atoms with Crippen molar-refractivity contribution in [1.29, 1.82) is 0 Å². The van der Waals surface area contributed by atoms with E-state index in [1.807, 2.05) is 12.1 Å². The van der Waals surface area contributed by atoms with Gasteiger partial charge in [0.2, 0.25) is 0 Å². The number of allylic oxidation sites excluding steroid dienone is 1. The first-order chi connectivity index (χ1) is 12.2. The molecule has 1 aliphatic carbocycles. The molecular formula is C22H32N2O. The number of piperidine rings is 1. The normalized spacial score (nSPS) is 21.6. The second-order valence-corrected chi connectivity index (χ2v) is 7.79. The van der Waals surface area contributed by atoms with Crippen molar-refractivity contribution in [3.8, 4) is 0 Å². The minimum Gasteiger partial charge on any atom is -0.352 e. The van der Waals surface area contributed by atoms with E-state index >= 15 is 0 Å². The number of benzene rings is 1. The third-order valence-corrected chi connectivity index (χ3v) is 5.48. The molecule has 1 aromatic rings. The minimum atomic E-state index is 0.0505. The number of amides is 1. The van der Waals surface area contributed by atoms with Crippen LogP contribution in [0.5, 0.6) is 0 Å². The summed E-state index contributed by atoms with van der Waals surface area (Å²) in [4.78, 5) is 14.8. The molecule has 1 amide bonds. The maximum absolute atomic E-state index is 12.3. The Labute approximate surface area is 152 Å². The van der Waals surface area contributed by atoms with Crippen molar-refractivity contribution in [2.24, 2.45) is 5.92 Å². The van der Waals surface area contributed by atoms with E-state index in [-0.39, 0.29) is 5.91 Å². The van der Waals surface area contributed by atoms with Crippen LogP contribution in [0.25, 0.3) is 0 Å². The lowest BCUT2D eigenvalue weighted by molar-refractivity contribution is 0.0954. The molecule has 0 saturated carbocycles. The fourth-order valence-corrected chi connectivity index (χ4v) is 4.02. The largest absolute Gasteiger partial charge is 0.352 e. The van der Waals surface area contributed by atoms with Crippen LogP contribution in [0.2, 0.25) is 0 Å². The Morgan fingerprint density at radius 2 is 2.04 bits per heavy atom. The predicted octanol–water partition coefficient (Wildman–Crippen LogP) is 4.54. The maximum atomic E-state index is 12.3. The minimum absolute atomic E-state index is 0.0505. The van der Waals surface area contributed by atoms with E-state index < -0.39 is 0 Å². The summed E-state index contributed by atoms with van der Waals surface area (Å²) in [7, 11) is 0. The van der Waals surface area contributed by atoms with Crippen molar-refractivity contribution in [3.05, 3.63) is 47.0 Å². The van der Waals surface area contributed by atoms with E-state index in [0.29, 0.717) is 0 Å². The van der Waals surface area contributed by atoms with E-state index in [9.17, 15) is 4.79 Å². The highest BCUT2D eigenvalue weighted by Gasteiger charge is 2.16. The van der Waals surface area contributed by atoms with Crippen LogP contribution in [0.4, 0.5) is 0 Å². The molecule has 0 bridgehead atoms. The molecule has 1 aliphatic heterocycles. The Kier molecular flexibility index (Phi) is 6.69. The molecule has 3 nitrogen and oxygen atoms in total. The SMILES string of the molecule is CC1CCCN(Cc2ccc(C(=O)NCCC3=CCCCC3)cc2)C1. The molecule has 0 radical (unpaired) electrons. The number of rotatable bonds is 6. The zero-order valence-electron chi connectivity index (χ0n) is 15.6. The van der Waals surface area contributed by atoms with Crippen LogP contribution in [-0.2, 0) is 6.54 Å². The highest BCUT2D eigenvalue weighted by Crippen LogP contribution is 2.20. The topological polar surface area (TPSA) is 32.3 Å². The van der Waals surface area contributed by atoms with Crippen molar-refractivity contribution in [2.45, 2.75) is 58.4 Å². The van der Waals surface area contributed by atoms with E-state index in [1.165, 1.54) is 62.8 Å². The number of carbonyl (C=O) groups excluding carboxylic acids is 1. The first-order valence-electron chi connectivity index (χ1n) is 9.98. The number of hydrogen-bond donors (Lipinski definition) is 1. The molecule has 25 heavy (non-hydrogen) atoms. The molecule has 3 rings (SSSR count). The summed E-state index contributed by atoms with van der Waals surface area (Å²) < 4.78 is 0. The summed E-state index contributed by atoms with van der Waals surface area (Å²) in [6, 6.07) is 8.16. The van der Waals surface area contributed by atoms with E-state index in [2.05, 4.69) is 35.3 Å². The van der Waals surface area contributed by atoms with Crippen LogP contribution < -0.4 is 5.32 Å². The molecular weight excluding hydrogens is 308 g/mol. The molecule has 1 aromatic carbocycles. The molecule has 1 unspecified atom stereocenters. The Hall–Kier alpha value is -1.61. The van der Waals surface area contributed by atoms with Gasteiger partial charge in [-0.1, -0.05) is 30.7 Å². The molecule has 0 aromatic heterocycles. The Morgan fingerprint density at radius 1 is 1.20 bits per heavy atom. The standard InChI is InChI=1S/C22H32N2O/c1-18-6-5-15-24(16-18)17-20-9-11-21(12-10-20)22(25)23-14-13-19-7-3-2-4-8-19/h7,9-12,18H,2-6,8,13-17H2,1H3,(H,23,25). The van der Waals surface area contributed by atoms with E-state index in [1.54, 1.807) is 0 Å². The van der Waals surface area contributed by atoms with Crippen molar-refractivity contribution in [3.63, 3.8) is 0 Å². The molecule has 0 spiro atoms. The number of likely N-dealkylation sites (tertiary alicyclic amines) is 1. The van der Waals surface area contributed by atoms with Gasteiger partial charge in [0.15, 0.2) is 0 Å². The lowest BCUT2D eigenvalue weighted by Gasteiger charge is -2.30. The smallest absolute Gasteiger partial charge is 0.251 e. The molecule has 1 atom stereocenters. The average Bonchev–Trinajstić information content (AvgIpc) is 2.63. The third-order valence-electron chi connectivity index (χ3n) is 5.48. The first-order valence-corrected chi connectivity index (χ1v) is 9.98. The number of carbonyl (C=O) groups is 1. The molecule has 1 heterocycles. The highest BCUT2D eigenvalue weighted by molar-refractivity contribution is 5.94. The molecule has 3 heteroatoms. The summed E-state index contributed by atoms with van der Waals surface area (Å²) in [6.07, 6.45) is 11.0. The average molecular weight is 341 g/mol. The van der Waals surface area contributed by atoms with Crippen molar-refractivity contribution in [2.75, 3.05) is 19.6 Å². The summed E-state index contributed by atoms with van der Waals surface area (Å²) in [5.41, 5.74) is 3.59. The lowest BCUT2D eigenvalue weighted by Crippen LogP contribution is -2.33. The summed E-state index contributed by atoms with van der Waals surface area (Å²) in [6.45, 7) is 6.47. The van der Waals surface area contributed by atoms with Crippen LogP contribution in [-0.4, -0.2) is 30.4 Å². The number of nitrogens with zero attached hydrogens (tertiary/aromatic N) is 1. The number of nitrogens with one attached hydrogen (secondary N) is 1. The van der Waals surface area contributed by atoms with E-state index in [0.717, 1.165) is 31.0 Å². The predicted molar refractivity (Wildman–Crippen MR) is 104 cm³/mol. The van der Waals surface area contributed by atoms with Gasteiger partial charge in [0.25, 0.3) is 5.91 Å². The van der Waals surface area contributed by atoms with Gasteiger partial charge in [-0.25, -0.2) is 0 Å². The van der Waals surface area contributed by atoms with Gasteiger partial charge in [-0.3, -0.25) is 9.69 Å². The molecule has 2 aliphatic rings. The Bertz CT molecular complexity index is 591. The summed E-state index contributed by atoms with van der Waals surface area (Å²) in [5, 5.41) is 3.06. The first kappa shape index (κ1) is 18.2. The van der Waals surface area contributed by atoms with Crippen LogP contribution in [0, 0.1) is 5.92 Å². The van der Waals surface area contributed by atoms with Crippen LogP contribution in [0.1, 0.15) is 67.8 Å². The van der Waals surface area contributed by atoms with Gasteiger partial charge in [-0.2, -0.15) is 0 Å². The van der Waals surface area contributed by atoms with Gasteiger partial charge in [-0.05, 0) is 75.1 Å². The zero-order chi connectivity index (χ0) is 17.5. The van der Waals surface area contributed by atoms with Gasteiger partial charge in [0.05, 0.1) is 0 Å². The van der Waals surface area contributed by atoms with Gasteiger partial charge < -0.3 is 5.32 Å². The Morgan fingerprint density at radius 3 is 2.76 bits per heavy atom. The quantitative estimate of drug-likeness (QED) is 0.771. The van der Waals surface area contributed by atoms with Crippen molar-refractivity contribution in [1.82, 2.24) is 10.2 Å². The van der Waals surface area contributed by atoms with Crippen LogP contribution >= 0.6 is 0 Å². The van der Waals surface area contributed by atoms with Gasteiger partial charge in [0.1, 0.15) is 0 Å². The van der Waals surface area contributed by atoms with Gasteiger partial charge in [0, 0.05) is 25.2 Å². The fraction of sp³-hybridized carbons (Fsp3) is 0.591. The van der Waals surface area contributed by atoms with E-state index in [4.69, 9.17) is 0 Å². The van der Waals surface area contributed by atoms with Gasteiger partial charge in [-0.15, -0.1) is 0 Å². The second kappa shape index (κ2) is 9.19.